The standard InChI is InChI=1S/C16H17F2NO2/c1-19-14(11-6-8-12(20-2)9-7-11)10-21-15-5-3-4-13(17)16(15)18/h3-9,14,19H,10H2,1-2H3. The minimum absolute atomic E-state index is 0.0937. The smallest absolute Gasteiger partial charge is 0.200 e. The lowest BCUT2D eigenvalue weighted by molar-refractivity contribution is 0.257. The summed E-state index contributed by atoms with van der Waals surface area (Å²) in [5.41, 5.74) is 0.968. The van der Waals surface area contributed by atoms with E-state index in [9.17, 15) is 8.78 Å². The van der Waals surface area contributed by atoms with Crippen molar-refractivity contribution in [3.8, 4) is 11.5 Å². The van der Waals surface area contributed by atoms with Crippen LogP contribution in [0.3, 0.4) is 0 Å². The first kappa shape index (κ1) is 15.3. The number of likely N-dealkylation sites (N-methyl/N-ethyl adjacent to an activating group) is 1. The summed E-state index contributed by atoms with van der Waals surface area (Å²) in [5, 5.41) is 3.08. The van der Waals surface area contributed by atoms with Crippen molar-refractivity contribution < 1.29 is 18.3 Å². The molecular weight excluding hydrogens is 276 g/mol. The summed E-state index contributed by atoms with van der Waals surface area (Å²) in [7, 11) is 3.38. The van der Waals surface area contributed by atoms with E-state index in [4.69, 9.17) is 9.47 Å². The quantitative estimate of drug-likeness (QED) is 0.886. The van der Waals surface area contributed by atoms with E-state index in [0.29, 0.717) is 0 Å². The molecule has 0 bridgehead atoms. The lowest BCUT2D eigenvalue weighted by atomic mass is 10.1. The highest BCUT2D eigenvalue weighted by atomic mass is 19.2. The fourth-order valence-electron chi connectivity index (χ4n) is 1.95. The number of halogens is 2. The Kier molecular flexibility index (Phi) is 5.11. The van der Waals surface area contributed by atoms with E-state index >= 15 is 0 Å². The maximum absolute atomic E-state index is 13.5. The summed E-state index contributed by atoms with van der Waals surface area (Å²) >= 11 is 0. The van der Waals surface area contributed by atoms with Crippen LogP contribution < -0.4 is 14.8 Å². The number of ether oxygens (including phenoxy) is 2. The van der Waals surface area contributed by atoms with Crippen molar-refractivity contribution in [3.63, 3.8) is 0 Å². The van der Waals surface area contributed by atoms with Crippen LogP contribution in [0.15, 0.2) is 42.5 Å². The van der Waals surface area contributed by atoms with Gasteiger partial charge in [-0.1, -0.05) is 18.2 Å². The molecule has 5 heteroatoms. The van der Waals surface area contributed by atoms with E-state index in [0.717, 1.165) is 17.4 Å². The zero-order chi connectivity index (χ0) is 15.2. The molecular formula is C16H17F2NO2. The average Bonchev–Trinajstić information content (AvgIpc) is 2.52. The van der Waals surface area contributed by atoms with Crippen LogP contribution in [0.2, 0.25) is 0 Å². The zero-order valence-electron chi connectivity index (χ0n) is 11.9. The van der Waals surface area contributed by atoms with Gasteiger partial charge in [-0.2, -0.15) is 4.39 Å². The summed E-state index contributed by atoms with van der Waals surface area (Å²) < 4.78 is 37.1. The van der Waals surface area contributed by atoms with Crippen molar-refractivity contribution in [2.24, 2.45) is 0 Å². The Morgan fingerprint density at radius 1 is 1.10 bits per heavy atom. The molecule has 0 fully saturated rings. The van der Waals surface area contributed by atoms with Gasteiger partial charge in [-0.3, -0.25) is 0 Å². The fourth-order valence-corrected chi connectivity index (χ4v) is 1.95. The van der Waals surface area contributed by atoms with E-state index in [1.807, 2.05) is 24.3 Å². The monoisotopic (exact) mass is 293 g/mol. The Bertz CT molecular complexity index is 587. The van der Waals surface area contributed by atoms with Gasteiger partial charge in [0.1, 0.15) is 12.4 Å². The lowest BCUT2D eigenvalue weighted by Gasteiger charge is -2.18. The molecule has 0 aliphatic rings. The Morgan fingerprint density at radius 3 is 2.43 bits per heavy atom. The molecule has 0 heterocycles. The molecule has 2 aromatic rings. The van der Waals surface area contributed by atoms with Gasteiger partial charge in [0.25, 0.3) is 0 Å². The SMILES string of the molecule is CNC(COc1cccc(F)c1F)c1ccc(OC)cc1. The van der Waals surface area contributed by atoms with Crippen LogP contribution >= 0.6 is 0 Å². The van der Waals surface area contributed by atoms with Gasteiger partial charge in [0.2, 0.25) is 5.82 Å². The van der Waals surface area contributed by atoms with E-state index in [1.54, 1.807) is 14.2 Å². The Balaban J connectivity index is 2.06. The molecule has 0 aliphatic heterocycles. The highest BCUT2D eigenvalue weighted by molar-refractivity contribution is 5.30. The van der Waals surface area contributed by atoms with Gasteiger partial charge in [0.05, 0.1) is 13.2 Å². The van der Waals surface area contributed by atoms with Crippen LogP contribution in [-0.2, 0) is 0 Å². The summed E-state index contributed by atoms with van der Waals surface area (Å²) in [6.45, 7) is 0.184. The summed E-state index contributed by atoms with van der Waals surface area (Å²) in [6.07, 6.45) is 0. The molecule has 0 saturated heterocycles. The van der Waals surface area contributed by atoms with Crippen molar-refractivity contribution in [2.75, 3.05) is 20.8 Å². The van der Waals surface area contributed by atoms with Gasteiger partial charge in [-0.15, -0.1) is 0 Å². The summed E-state index contributed by atoms with van der Waals surface area (Å²) in [5.74, 6) is -1.23. The lowest BCUT2D eigenvalue weighted by Crippen LogP contribution is -2.23. The maximum atomic E-state index is 13.5. The highest BCUT2D eigenvalue weighted by Crippen LogP contribution is 2.22. The van der Waals surface area contributed by atoms with Gasteiger partial charge in [0.15, 0.2) is 11.6 Å². The first-order valence-electron chi connectivity index (χ1n) is 6.53. The van der Waals surface area contributed by atoms with Gasteiger partial charge >= 0.3 is 0 Å². The Hall–Kier alpha value is -2.14. The largest absolute Gasteiger partial charge is 0.497 e. The van der Waals surface area contributed by atoms with Crippen LogP contribution in [0.4, 0.5) is 8.78 Å². The molecule has 112 valence electrons. The first-order valence-corrected chi connectivity index (χ1v) is 6.53. The molecule has 1 unspecified atom stereocenters. The Labute approximate surface area is 122 Å². The second-order valence-corrected chi connectivity index (χ2v) is 4.48. The third kappa shape index (κ3) is 3.70. The highest BCUT2D eigenvalue weighted by Gasteiger charge is 2.13. The number of rotatable bonds is 6. The first-order chi connectivity index (χ1) is 10.2. The zero-order valence-corrected chi connectivity index (χ0v) is 11.9. The van der Waals surface area contributed by atoms with Crippen LogP contribution in [0.25, 0.3) is 0 Å². The van der Waals surface area contributed by atoms with Crippen molar-refractivity contribution in [1.82, 2.24) is 5.32 Å². The van der Waals surface area contributed by atoms with E-state index in [2.05, 4.69) is 5.32 Å². The third-order valence-electron chi connectivity index (χ3n) is 3.19. The van der Waals surface area contributed by atoms with Crippen LogP contribution in [0.5, 0.6) is 11.5 Å². The second-order valence-electron chi connectivity index (χ2n) is 4.48. The topological polar surface area (TPSA) is 30.5 Å². The minimum Gasteiger partial charge on any atom is -0.497 e. The van der Waals surface area contributed by atoms with Crippen LogP contribution in [0, 0.1) is 11.6 Å². The van der Waals surface area contributed by atoms with Crippen molar-refractivity contribution >= 4 is 0 Å². The molecule has 0 aromatic heterocycles. The van der Waals surface area contributed by atoms with Gasteiger partial charge in [0, 0.05) is 0 Å². The molecule has 1 atom stereocenters. The molecule has 2 rings (SSSR count). The number of nitrogens with one attached hydrogen (secondary N) is 1. The predicted octanol–water partition coefficient (Wildman–Crippen LogP) is 3.31. The second kappa shape index (κ2) is 7.04. The van der Waals surface area contributed by atoms with Gasteiger partial charge < -0.3 is 14.8 Å². The van der Waals surface area contributed by atoms with Crippen LogP contribution in [-0.4, -0.2) is 20.8 Å². The molecule has 0 spiro atoms. The van der Waals surface area contributed by atoms with E-state index < -0.39 is 11.6 Å². The molecule has 21 heavy (non-hydrogen) atoms. The number of hydrogen-bond donors (Lipinski definition) is 1. The third-order valence-corrected chi connectivity index (χ3v) is 3.19. The fraction of sp³-hybridized carbons (Fsp3) is 0.250. The van der Waals surface area contributed by atoms with Crippen LogP contribution in [0.1, 0.15) is 11.6 Å². The molecule has 1 N–H and O–H groups in total. The van der Waals surface area contributed by atoms with Crippen molar-refractivity contribution in [3.05, 3.63) is 59.7 Å². The van der Waals surface area contributed by atoms with E-state index in [1.165, 1.54) is 12.1 Å². The number of benzene rings is 2. The molecule has 0 amide bonds. The number of hydrogen-bond acceptors (Lipinski definition) is 3. The predicted molar refractivity (Wildman–Crippen MR) is 76.6 cm³/mol. The molecule has 0 saturated carbocycles. The van der Waals surface area contributed by atoms with Crippen molar-refractivity contribution in [1.29, 1.82) is 0 Å². The molecule has 3 nitrogen and oxygen atoms in total. The normalized spacial score (nSPS) is 12.0. The van der Waals surface area contributed by atoms with Gasteiger partial charge in [-0.25, -0.2) is 4.39 Å². The molecule has 2 aromatic carbocycles. The maximum Gasteiger partial charge on any atom is 0.200 e. The molecule has 0 aliphatic carbocycles. The summed E-state index contributed by atoms with van der Waals surface area (Å²) in [6, 6.07) is 11.2. The van der Waals surface area contributed by atoms with Crippen molar-refractivity contribution in [2.45, 2.75) is 6.04 Å². The van der Waals surface area contributed by atoms with E-state index in [-0.39, 0.29) is 18.4 Å². The number of methoxy groups -OCH3 is 1. The average molecular weight is 293 g/mol. The van der Waals surface area contributed by atoms with Gasteiger partial charge in [-0.05, 0) is 36.9 Å². The summed E-state index contributed by atoms with van der Waals surface area (Å²) in [4.78, 5) is 0. The minimum atomic E-state index is -0.970. The Morgan fingerprint density at radius 2 is 1.81 bits per heavy atom. The molecule has 0 radical (unpaired) electrons.